The Morgan fingerprint density at radius 3 is 2.30 bits per heavy atom. The quantitative estimate of drug-likeness (QED) is 0.501. The van der Waals surface area contributed by atoms with Crippen LogP contribution in [0.25, 0.3) is 0 Å². The highest BCUT2D eigenvalue weighted by molar-refractivity contribution is 6.01. The molecule has 0 aromatic heterocycles. The number of nitro benzene ring substituents is 1. The molecule has 0 atom stereocenters. The average molecular weight is 280 g/mol. The van der Waals surface area contributed by atoms with Crippen molar-refractivity contribution < 1.29 is 19.2 Å². The Morgan fingerprint density at radius 1 is 1.35 bits per heavy atom. The number of methoxy groups -OCH3 is 1. The highest BCUT2D eigenvalue weighted by Gasteiger charge is 2.28. The lowest BCUT2D eigenvalue weighted by Crippen LogP contribution is -2.18. The van der Waals surface area contributed by atoms with Crippen LogP contribution in [0.5, 0.6) is 0 Å². The predicted octanol–water partition coefficient (Wildman–Crippen LogP) is 1.68. The molecule has 0 aliphatic heterocycles. The Balaban J connectivity index is 3.65. The van der Waals surface area contributed by atoms with Crippen LogP contribution in [0.15, 0.2) is 12.1 Å². The fourth-order valence-electron chi connectivity index (χ4n) is 1.96. The molecule has 108 valence electrons. The van der Waals surface area contributed by atoms with E-state index in [1.54, 1.807) is 0 Å². The van der Waals surface area contributed by atoms with Gasteiger partial charge in [-0.25, -0.2) is 4.79 Å². The molecule has 0 spiro atoms. The second-order valence-electron chi connectivity index (χ2n) is 4.70. The van der Waals surface area contributed by atoms with E-state index in [4.69, 9.17) is 5.73 Å². The minimum absolute atomic E-state index is 0.0558. The van der Waals surface area contributed by atoms with Gasteiger partial charge in [-0.1, -0.05) is 13.8 Å². The van der Waals surface area contributed by atoms with Gasteiger partial charge in [0, 0.05) is 5.56 Å². The van der Waals surface area contributed by atoms with Crippen molar-refractivity contribution >= 4 is 17.6 Å². The zero-order valence-corrected chi connectivity index (χ0v) is 11.5. The number of rotatable bonds is 5. The summed E-state index contributed by atoms with van der Waals surface area (Å²) in [6, 6.07) is 2.51. The maximum absolute atomic E-state index is 11.7. The molecule has 20 heavy (non-hydrogen) atoms. The van der Waals surface area contributed by atoms with Gasteiger partial charge in [-0.3, -0.25) is 14.9 Å². The molecule has 0 radical (unpaired) electrons. The second-order valence-corrected chi connectivity index (χ2v) is 4.70. The molecule has 1 aromatic carbocycles. The maximum Gasteiger partial charge on any atom is 0.338 e. The van der Waals surface area contributed by atoms with Crippen LogP contribution in [0, 0.1) is 16.0 Å². The number of nitrogens with two attached hydrogens (primary N) is 1. The van der Waals surface area contributed by atoms with Crippen LogP contribution in [0.2, 0.25) is 0 Å². The first-order valence-corrected chi connectivity index (χ1v) is 5.98. The van der Waals surface area contributed by atoms with Gasteiger partial charge in [-0.15, -0.1) is 0 Å². The van der Waals surface area contributed by atoms with Crippen molar-refractivity contribution in [3.63, 3.8) is 0 Å². The lowest BCUT2D eigenvalue weighted by atomic mass is 9.93. The van der Waals surface area contributed by atoms with E-state index in [0.717, 1.165) is 0 Å². The van der Waals surface area contributed by atoms with E-state index in [-0.39, 0.29) is 29.0 Å². The first kappa shape index (κ1) is 15.6. The lowest BCUT2D eigenvalue weighted by molar-refractivity contribution is -0.385. The molecule has 7 heteroatoms. The third kappa shape index (κ3) is 3.11. The van der Waals surface area contributed by atoms with Gasteiger partial charge in [0.05, 0.1) is 17.6 Å². The van der Waals surface area contributed by atoms with Crippen LogP contribution in [0.4, 0.5) is 5.69 Å². The number of ether oxygens (including phenoxy) is 1. The Kier molecular flexibility index (Phi) is 4.79. The van der Waals surface area contributed by atoms with Gasteiger partial charge in [0.25, 0.3) is 11.6 Å². The number of amides is 1. The second kappa shape index (κ2) is 6.14. The molecule has 0 saturated carbocycles. The Hall–Kier alpha value is -2.44. The number of nitrogens with zero attached hydrogens (tertiary/aromatic N) is 1. The Labute approximate surface area is 115 Å². The molecule has 1 rings (SSSR count). The van der Waals surface area contributed by atoms with E-state index >= 15 is 0 Å². The summed E-state index contributed by atoms with van der Waals surface area (Å²) in [7, 11) is 1.19. The molecule has 0 unspecified atom stereocenters. The summed E-state index contributed by atoms with van der Waals surface area (Å²) in [6.45, 7) is 3.70. The van der Waals surface area contributed by atoms with E-state index < -0.39 is 22.5 Å². The van der Waals surface area contributed by atoms with Gasteiger partial charge in [-0.05, 0) is 24.5 Å². The number of primary amides is 1. The predicted molar refractivity (Wildman–Crippen MR) is 71.5 cm³/mol. The highest BCUT2D eigenvalue weighted by atomic mass is 16.6. The summed E-state index contributed by atoms with van der Waals surface area (Å²) in [4.78, 5) is 33.6. The van der Waals surface area contributed by atoms with Gasteiger partial charge in [0.2, 0.25) is 0 Å². The molecule has 0 aliphatic carbocycles. The molecule has 1 aromatic rings. The van der Waals surface area contributed by atoms with Crippen molar-refractivity contribution in [1.29, 1.82) is 0 Å². The van der Waals surface area contributed by atoms with Crippen molar-refractivity contribution in [1.82, 2.24) is 0 Å². The average Bonchev–Trinajstić information content (AvgIpc) is 2.35. The zero-order chi connectivity index (χ0) is 15.4. The molecule has 1 amide bonds. The van der Waals surface area contributed by atoms with E-state index in [0.29, 0.717) is 0 Å². The van der Waals surface area contributed by atoms with Crippen molar-refractivity contribution in [3.05, 3.63) is 38.9 Å². The van der Waals surface area contributed by atoms with Crippen molar-refractivity contribution in [2.24, 2.45) is 11.7 Å². The number of nitro groups is 1. The summed E-state index contributed by atoms with van der Waals surface area (Å²) in [5, 5.41) is 11.2. The smallest absolute Gasteiger partial charge is 0.338 e. The van der Waals surface area contributed by atoms with Crippen LogP contribution in [-0.2, 0) is 11.2 Å². The maximum atomic E-state index is 11.7. The standard InChI is InChI=1S/C13H16N2O5/c1-7(2)6-10-8(13(17)20-3)4-5-9(12(14)16)11(10)15(18)19/h4-5,7H,6H2,1-3H3,(H2,14,16). The topological polar surface area (TPSA) is 113 Å². The van der Waals surface area contributed by atoms with Crippen LogP contribution in [0.1, 0.15) is 40.1 Å². The first-order valence-electron chi connectivity index (χ1n) is 5.98. The number of hydrogen-bond donors (Lipinski definition) is 1. The molecule has 2 N–H and O–H groups in total. The van der Waals surface area contributed by atoms with Crippen LogP contribution >= 0.6 is 0 Å². The summed E-state index contributed by atoms with van der Waals surface area (Å²) in [6.07, 6.45) is 0.266. The monoisotopic (exact) mass is 280 g/mol. The highest BCUT2D eigenvalue weighted by Crippen LogP contribution is 2.30. The fraction of sp³-hybridized carbons (Fsp3) is 0.385. The summed E-state index contributed by atoms with van der Waals surface area (Å²) in [5.74, 6) is -1.53. The largest absolute Gasteiger partial charge is 0.465 e. The van der Waals surface area contributed by atoms with Gasteiger partial charge >= 0.3 is 5.97 Å². The third-order valence-corrected chi connectivity index (χ3v) is 2.75. The fourth-order valence-corrected chi connectivity index (χ4v) is 1.96. The van der Waals surface area contributed by atoms with Crippen LogP contribution in [0.3, 0.4) is 0 Å². The SMILES string of the molecule is COC(=O)c1ccc(C(N)=O)c([N+](=O)[O-])c1CC(C)C. The first-order chi connectivity index (χ1) is 9.29. The van der Waals surface area contributed by atoms with Crippen LogP contribution in [-0.4, -0.2) is 23.9 Å². The normalized spacial score (nSPS) is 10.4. The molecule has 0 aliphatic rings. The summed E-state index contributed by atoms with van der Waals surface area (Å²) in [5.41, 5.74) is 4.77. The third-order valence-electron chi connectivity index (χ3n) is 2.75. The molecule has 0 saturated heterocycles. The van der Waals surface area contributed by atoms with E-state index in [1.165, 1.54) is 19.2 Å². The summed E-state index contributed by atoms with van der Waals surface area (Å²) < 4.78 is 4.62. The Morgan fingerprint density at radius 2 is 1.90 bits per heavy atom. The van der Waals surface area contributed by atoms with E-state index in [1.807, 2.05) is 13.8 Å². The number of esters is 1. The van der Waals surface area contributed by atoms with Crippen molar-refractivity contribution in [2.75, 3.05) is 7.11 Å². The van der Waals surface area contributed by atoms with Gasteiger partial charge in [0.1, 0.15) is 5.56 Å². The van der Waals surface area contributed by atoms with Gasteiger partial charge in [-0.2, -0.15) is 0 Å². The molecule has 0 bridgehead atoms. The summed E-state index contributed by atoms with van der Waals surface area (Å²) >= 11 is 0. The lowest BCUT2D eigenvalue weighted by Gasteiger charge is -2.12. The van der Waals surface area contributed by atoms with Crippen molar-refractivity contribution in [3.8, 4) is 0 Å². The van der Waals surface area contributed by atoms with Gasteiger partial charge < -0.3 is 10.5 Å². The minimum atomic E-state index is -0.905. The number of carbonyl (C=O) groups is 2. The minimum Gasteiger partial charge on any atom is -0.465 e. The van der Waals surface area contributed by atoms with Crippen LogP contribution < -0.4 is 5.73 Å². The molecular weight excluding hydrogens is 264 g/mol. The molecule has 7 nitrogen and oxygen atoms in total. The number of carbonyl (C=O) groups excluding carboxylic acids is 2. The van der Waals surface area contributed by atoms with Crippen molar-refractivity contribution in [2.45, 2.75) is 20.3 Å². The van der Waals surface area contributed by atoms with Gasteiger partial charge in [0.15, 0.2) is 0 Å². The number of hydrogen-bond acceptors (Lipinski definition) is 5. The molecular formula is C13H16N2O5. The Bertz CT molecular complexity index is 566. The number of benzene rings is 1. The van der Waals surface area contributed by atoms with E-state index in [2.05, 4.69) is 4.74 Å². The zero-order valence-electron chi connectivity index (χ0n) is 11.5. The molecule has 0 fully saturated rings. The van der Waals surface area contributed by atoms with E-state index in [9.17, 15) is 19.7 Å². The molecule has 0 heterocycles.